The first-order valence-electron chi connectivity index (χ1n) is 7.20. The van der Waals surface area contributed by atoms with E-state index in [4.69, 9.17) is 4.42 Å². The van der Waals surface area contributed by atoms with E-state index in [1.54, 1.807) is 18.2 Å². The SMILES string of the molecule is O=C1N/C(=N/N=C/c2ccco2)S[C@H]1Cc1cccc(C(F)(F)F)c1. The molecule has 1 N–H and O–H groups in total. The van der Waals surface area contributed by atoms with Crippen LogP contribution in [0, 0.1) is 0 Å². The quantitative estimate of drug-likeness (QED) is 0.665. The molecule has 1 saturated heterocycles. The number of amides is 1. The number of rotatable bonds is 4. The Labute approximate surface area is 145 Å². The third kappa shape index (κ3) is 4.50. The summed E-state index contributed by atoms with van der Waals surface area (Å²) in [6, 6.07) is 8.34. The standard InChI is InChI=1S/C16H12F3N3O2S/c17-16(18,19)11-4-1-3-10(7-11)8-13-14(23)21-15(25-13)22-20-9-12-5-2-6-24-12/h1-7,9,13H,8H2,(H,21,22,23)/b20-9+/t13-/m0/s1. The molecule has 1 amide bonds. The van der Waals surface area contributed by atoms with E-state index in [1.807, 2.05) is 0 Å². The molecular weight excluding hydrogens is 355 g/mol. The lowest BCUT2D eigenvalue weighted by Gasteiger charge is -2.10. The van der Waals surface area contributed by atoms with Crippen molar-refractivity contribution in [1.29, 1.82) is 0 Å². The van der Waals surface area contributed by atoms with Crippen molar-refractivity contribution in [3.63, 3.8) is 0 Å². The fourth-order valence-electron chi connectivity index (χ4n) is 2.18. The minimum absolute atomic E-state index is 0.168. The average molecular weight is 367 g/mol. The molecule has 3 rings (SSSR count). The molecule has 1 aromatic heterocycles. The highest BCUT2D eigenvalue weighted by atomic mass is 32.2. The Morgan fingerprint density at radius 2 is 2.12 bits per heavy atom. The number of carbonyl (C=O) groups excluding carboxylic acids is 1. The van der Waals surface area contributed by atoms with Gasteiger partial charge < -0.3 is 9.73 Å². The lowest BCUT2D eigenvalue weighted by Crippen LogP contribution is -2.26. The number of carbonyl (C=O) groups is 1. The van der Waals surface area contributed by atoms with Crippen molar-refractivity contribution >= 4 is 29.1 Å². The molecule has 25 heavy (non-hydrogen) atoms. The maximum absolute atomic E-state index is 12.7. The van der Waals surface area contributed by atoms with Crippen LogP contribution in [0.15, 0.2) is 57.3 Å². The van der Waals surface area contributed by atoms with Gasteiger partial charge in [0.15, 0.2) is 5.17 Å². The Morgan fingerprint density at radius 3 is 2.84 bits per heavy atom. The van der Waals surface area contributed by atoms with E-state index in [0.717, 1.165) is 23.9 Å². The number of hydrogen-bond acceptors (Lipinski definition) is 5. The van der Waals surface area contributed by atoms with Crippen molar-refractivity contribution in [3.8, 4) is 0 Å². The summed E-state index contributed by atoms with van der Waals surface area (Å²) in [6.45, 7) is 0. The normalized spacial score (nSPS) is 19.7. The van der Waals surface area contributed by atoms with Crippen LogP contribution in [-0.2, 0) is 17.4 Å². The molecule has 1 atom stereocenters. The van der Waals surface area contributed by atoms with Gasteiger partial charge in [-0.1, -0.05) is 30.0 Å². The molecule has 2 heterocycles. The van der Waals surface area contributed by atoms with Crippen LogP contribution in [0.5, 0.6) is 0 Å². The maximum atomic E-state index is 12.7. The van der Waals surface area contributed by atoms with E-state index in [0.29, 0.717) is 16.5 Å². The van der Waals surface area contributed by atoms with Crippen molar-refractivity contribution in [2.75, 3.05) is 0 Å². The van der Waals surface area contributed by atoms with Crippen LogP contribution in [0.1, 0.15) is 16.9 Å². The highest BCUT2D eigenvalue weighted by Crippen LogP contribution is 2.31. The number of hydrogen-bond donors (Lipinski definition) is 1. The van der Waals surface area contributed by atoms with E-state index < -0.39 is 17.0 Å². The van der Waals surface area contributed by atoms with Crippen LogP contribution in [-0.4, -0.2) is 22.5 Å². The Hall–Kier alpha value is -2.55. The monoisotopic (exact) mass is 367 g/mol. The zero-order chi connectivity index (χ0) is 17.9. The number of nitrogens with zero attached hydrogens (tertiary/aromatic N) is 2. The molecule has 130 valence electrons. The summed E-state index contributed by atoms with van der Waals surface area (Å²) in [4.78, 5) is 12.0. The lowest BCUT2D eigenvalue weighted by molar-refractivity contribution is -0.137. The highest BCUT2D eigenvalue weighted by molar-refractivity contribution is 8.15. The van der Waals surface area contributed by atoms with Crippen molar-refractivity contribution < 1.29 is 22.4 Å². The van der Waals surface area contributed by atoms with Crippen LogP contribution in [0.2, 0.25) is 0 Å². The number of nitrogens with one attached hydrogen (secondary N) is 1. The molecule has 0 aliphatic carbocycles. The molecule has 0 bridgehead atoms. The Balaban J connectivity index is 1.65. The molecule has 9 heteroatoms. The van der Waals surface area contributed by atoms with Gasteiger partial charge in [0, 0.05) is 0 Å². The average Bonchev–Trinajstić information content (AvgIpc) is 3.18. The topological polar surface area (TPSA) is 67.0 Å². The molecular formula is C16H12F3N3O2S. The van der Waals surface area contributed by atoms with Crippen molar-refractivity contribution in [3.05, 3.63) is 59.5 Å². The third-order valence-corrected chi connectivity index (χ3v) is 4.40. The number of alkyl halides is 3. The second kappa shape index (κ2) is 7.14. The molecule has 1 aromatic carbocycles. The molecule has 0 unspecified atom stereocenters. The molecule has 1 aliphatic rings. The largest absolute Gasteiger partial charge is 0.463 e. The minimum atomic E-state index is -4.41. The Kier molecular flexibility index (Phi) is 4.93. The van der Waals surface area contributed by atoms with Gasteiger partial charge in [0.1, 0.15) is 5.76 Å². The summed E-state index contributed by atoms with van der Waals surface area (Å²) in [5.74, 6) is 0.202. The minimum Gasteiger partial charge on any atom is -0.463 e. The van der Waals surface area contributed by atoms with Crippen molar-refractivity contribution in [2.24, 2.45) is 10.2 Å². The first-order valence-corrected chi connectivity index (χ1v) is 8.08. The van der Waals surface area contributed by atoms with Crippen LogP contribution in [0.3, 0.4) is 0 Å². The molecule has 0 saturated carbocycles. The Bertz CT molecular complexity index is 816. The first-order chi connectivity index (χ1) is 11.9. The van der Waals surface area contributed by atoms with Gasteiger partial charge in [-0.15, -0.1) is 5.10 Å². The fourth-order valence-corrected chi connectivity index (χ4v) is 3.14. The predicted molar refractivity (Wildman–Crippen MR) is 88.4 cm³/mol. The summed E-state index contributed by atoms with van der Waals surface area (Å²) in [7, 11) is 0. The van der Waals surface area contributed by atoms with Gasteiger partial charge in [0.2, 0.25) is 5.91 Å². The smallest absolute Gasteiger partial charge is 0.416 e. The summed E-state index contributed by atoms with van der Waals surface area (Å²) in [5, 5.41) is 9.98. The van der Waals surface area contributed by atoms with Crippen LogP contribution in [0.4, 0.5) is 13.2 Å². The number of halogens is 3. The van der Waals surface area contributed by atoms with Crippen LogP contribution >= 0.6 is 11.8 Å². The first kappa shape index (κ1) is 17.3. The summed E-state index contributed by atoms with van der Waals surface area (Å²) in [6.07, 6.45) is -1.36. The molecule has 0 spiro atoms. The van der Waals surface area contributed by atoms with E-state index in [-0.39, 0.29) is 12.3 Å². The highest BCUT2D eigenvalue weighted by Gasteiger charge is 2.33. The molecule has 0 radical (unpaired) electrons. The molecule has 1 fully saturated rings. The van der Waals surface area contributed by atoms with Gasteiger partial charge in [0.05, 0.1) is 23.3 Å². The van der Waals surface area contributed by atoms with Gasteiger partial charge in [-0.05, 0) is 30.2 Å². The van der Waals surface area contributed by atoms with Crippen LogP contribution < -0.4 is 5.32 Å². The molecule has 1 aliphatic heterocycles. The number of furan rings is 1. The lowest BCUT2D eigenvalue weighted by atomic mass is 10.1. The van der Waals surface area contributed by atoms with E-state index in [9.17, 15) is 18.0 Å². The molecule has 2 aromatic rings. The second-order valence-electron chi connectivity index (χ2n) is 5.16. The van der Waals surface area contributed by atoms with Gasteiger partial charge in [-0.3, -0.25) is 4.79 Å². The third-order valence-electron chi connectivity index (χ3n) is 3.33. The second-order valence-corrected chi connectivity index (χ2v) is 6.35. The maximum Gasteiger partial charge on any atom is 0.416 e. The Morgan fingerprint density at radius 1 is 1.28 bits per heavy atom. The van der Waals surface area contributed by atoms with E-state index in [2.05, 4.69) is 15.5 Å². The van der Waals surface area contributed by atoms with E-state index >= 15 is 0 Å². The van der Waals surface area contributed by atoms with Crippen molar-refractivity contribution in [2.45, 2.75) is 17.8 Å². The summed E-state index contributed by atoms with van der Waals surface area (Å²) in [5.41, 5.74) is -0.298. The zero-order valence-electron chi connectivity index (χ0n) is 12.7. The van der Waals surface area contributed by atoms with E-state index in [1.165, 1.54) is 18.5 Å². The van der Waals surface area contributed by atoms with Gasteiger partial charge in [0.25, 0.3) is 0 Å². The number of thioether (sulfide) groups is 1. The number of benzene rings is 1. The summed E-state index contributed by atoms with van der Waals surface area (Å²) >= 11 is 1.13. The van der Waals surface area contributed by atoms with Gasteiger partial charge in [-0.2, -0.15) is 18.3 Å². The molecule has 5 nitrogen and oxygen atoms in total. The van der Waals surface area contributed by atoms with Crippen molar-refractivity contribution in [1.82, 2.24) is 5.32 Å². The zero-order valence-corrected chi connectivity index (χ0v) is 13.5. The predicted octanol–water partition coefficient (Wildman–Crippen LogP) is 3.46. The number of amidine groups is 1. The van der Waals surface area contributed by atoms with Gasteiger partial charge in [-0.25, -0.2) is 0 Å². The van der Waals surface area contributed by atoms with Crippen LogP contribution in [0.25, 0.3) is 0 Å². The summed E-state index contributed by atoms with van der Waals surface area (Å²) < 4.78 is 43.3. The van der Waals surface area contributed by atoms with Gasteiger partial charge >= 0.3 is 6.18 Å². The fraction of sp³-hybridized carbons (Fsp3) is 0.188.